The Labute approximate surface area is 321 Å². The largest absolute Gasteiger partial charge is 0.467 e. The predicted octanol–water partition coefficient (Wildman–Crippen LogP) is 5.99. The fourth-order valence-electron chi connectivity index (χ4n) is 6.03. The molecule has 2 atom stereocenters. The highest BCUT2D eigenvalue weighted by molar-refractivity contribution is 5.90. The Morgan fingerprint density at radius 3 is 1.75 bits per heavy atom. The molecule has 292 valence electrons. The van der Waals surface area contributed by atoms with Gasteiger partial charge in [0.05, 0.1) is 25.7 Å². The number of amides is 4. The number of hydrogen-bond acceptors (Lipinski definition) is 10. The highest BCUT2D eigenvalue weighted by Gasteiger charge is 2.53. The lowest BCUT2D eigenvalue weighted by Crippen LogP contribution is -2.51. The van der Waals surface area contributed by atoms with Crippen LogP contribution in [-0.4, -0.2) is 64.6 Å². The Bertz CT molecular complexity index is 1820. The van der Waals surface area contributed by atoms with Gasteiger partial charge in [0.25, 0.3) is 0 Å². The van der Waals surface area contributed by atoms with Gasteiger partial charge in [0.15, 0.2) is 5.82 Å². The van der Waals surface area contributed by atoms with Crippen LogP contribution in [-0.2, 0) is 29.3 Å². The Balaban J connectivity index is 1.50. The number of carbonyl (C=O) groups is 4. The van der Waals surface area contributed by atoms with Crippen LogP contribution in [0.5, 0.6) is 0 Å². The van der Waals surface area contributed by atoms with Crippen molar-refractivity contribution in [3.8, 4) is 0 Å². The van der Waals surface area contributed by atoms with Crippen LogP contribution >= 0.6 is 0 Å². The molecule has 0 saturated heterocycles. The minimum absolute atomic E-state index is 0.0261. The fraction of sp³-hybridized carbons (Fsp3) is 0.415. The second kappa shape index (κ2) is 16.7. The maximum atomic E-state index is 14.5. The van der Waals surface area contributed by atoms with E-state index < -0.39 is 58.4 Å². The summed E-state index contributed by atoms with van der Waals surface area (Å²) in [7, 11) is 1.25. The van der Waals surface area contributed by atoms with Crippen molar-refractivity contribution in [3.63, 3.8) is 0 Å². The summed E-state index contributed by atoms with van der Waals surface area (Å²) in [6, 6.07) is 25.9. The summed E-state index contributed by atoms with van der Waals surface area (Å²) in [4.78, 5) is 57.9. The van der Waals surface area contributed by atoms with E-state index in [0.717, 1.165) is 16.7 Å². The van der Waals surface area contributed by atoms with Crippen LogP contribution in [0.4, 0.5) is 9.59 Å². The average Bonchev–Trinajstić information content (AvgIpc) is 3.75. The van der Waals surface area contributed by atoms with Crippen LogP contribution in [0.1, 0.15) is 101 Å². The molecule has 0 bridgehead atoms. The summed E-state index contributed by atoms with van der Waals surface area (Å²) < 4.78 is 22.1. The average molecular weight is 755 g/mol. The van der Waals surface area contributed by atoms with E-state index in [-0.39, 0.29) is 24.7 Å². The standard InChI is InChI=1S/C41H50N6O8/c1-38(2,3)53-26-31(43-37(51)54-39(4,5)6)33-44-34(55-47-33)30(42-36(50)46-40(23-24-40)35(49)52-7)25-32(48)45-41(27-17-11-8-12-18-27,28-19-13-9-14-20-28)29-21-15-10-16-22-29/h8-22,30-31H,23-26H2,1-7H3,(H,43,51)(H,45,48)(H2,42,46,50)/t30-,31-/m0/s1. The summed E-state index contributed by atoms with van der Waals surface area (Å²) in [6.45, 7) is 10.7. The molecule has 0 radical (unpaired) electrons. The van der Waals surface area contributed by atoms with Crippen molar-refractivity contribution in [1.29, 1.82) is 0 Å². The van der Waals surface area contributed by atoms with E-state index in [4.69, 9.17) is 18.7 Å². The molecule has 14 nitrogen and oxygen atoms in total. The zero-order valence-electron chi connectivity index (χ0n) is 32.3. The first-order chi connectivity index (χ1) is 26.0. The number of methoxy groups -OCH3 is 1. The van der Waals surface area contributed by atoms with Crippen molar-refractivity contribution < 1.29 is 37.9 Å². The van der Waals surface area contributed by atoms with Gasteiger partial charge >= 0.3 is 18.1 Å². The van der Waals surface area contributed by atoms with Crippen molar-refractivity contribution in [1.82, 2.24) is 31.4 Å². The number of ether oxygens (including phenoxy) is 3. The third-order valence-corrected chi connectivity index (χ3v) is 8.76. The van der Waals surface area contributed by atoms with E-state index in [1.165, 1.54) is 7.11 Å². The van der Waals surface area contributed by atoms with Crippen molar-refractivity contribution >= 4 is 24.0 Å². The summed E-state index contributed by atoms with van der Waals surface area (Å²) in [5.74, 6) is -1.15. The number of aromatic nitrogens is 2. The quantitative estimate of drug-likeness (QED) is 0.0881. The zero-order chi connectivity index (χ0) is 39.9. The molecule has 1 saturated carbocycles. The lowest BCUT2D eigenvalue weighted by atomic mass is 9.77. The molecule has 4 aromatic rings. The molecule has 3 aromatic carbocycles. The molecule has 4 N–H and O–H groups in total. The molecule has 1 aromatic heterocycles. The first kappa shape index (κ1) is 40.4. The third-order valence-electron chi connectivity index (χ3n) is 8.76. The summed E-state index contributed by atoms with van der Waals surface area (Å²) in [5, 5.41) is 15.6. The molecule has 1 aliphatic rings. The van der Waals surface area contributed by atoms with Crippen LogP contribution in [0.25, 0.3) is 0 Å². The number of hydrogen-bond donors (Lipinski definition) is 4. The van der Waals surface area contributed by atoms with Crippen LogP contribution in [0.15, 0.2) is 95.5 Å². The number of carbonyl (C=O) groups excluding carboxylic acids is 4. The second-order valence-electron chi connectivity index (χ2n) is 15.4. The maximum Gasteiger partial charge on any atom is 0.408 e. The highest BCUT2D eigenvalue weighted by Crippen LogP contribution is 2.38. The zero-order valence-corrected chi connectivity index (χ0v) is 32.3. The number of nitrogens with one attached hydrogen (secondary N) is 4. The van der Waals surface area contributed by atoms with Gasteiger partial charge < -0.3 is 40.0 Å². The van der Waals surface area contributed by atoms with Gasteiger partial charge in [0, 0.05) is 0 Å². The molecule has 1 heterocycles. The minimum Gasteiger partial charge on any atom is -0.467 e. The van der Waals surface area contributed by atoms with Crippen molar-refractivity contribution in [2.45, 2.75) is 95.2 Å². The number of urea groups is 1. The van der Waals surface area contributed by atoms with Gasteiger partial charge in [-0.25, -0.2) is 14.4 Å². The van der Waals surface area contributed by atoms with Crippen molar-refractivity contribution in [2.75, 3.05) is 13.7 Å². The summed E-state index contributed by atoms with van der Waals surface area (Å²) in [5.41, 5.74) is -1.30. The van der Waals surface area contributed by atoms with E-state index in [1.54, 1.807) is 20.8 Å². The van der Waals surface area contributed by atoms with E-state index >= 15 is 0 Å². The summed E-state index contributed by atoms with van der Waals surface area (Å²) >= 11 is 0. The Hall–Kier alpha value is -5.76. The summed E-state index contributed by atoms with van der Waals surface area (Å²) in [6.07, 6.45) is -0.311. The van der Waals surface area contributed by atoms with Gasteiger partial charge in [-0.15, -0.1) is 0 Å². The van der Waals surface area contributed by atoms with Crippen LogP contribution in [0.2, 0.25) is 0 Å². The molecule has 14 heteroatoms. The van der Waals surface area contributed by atoms with Gasteiger partial charge in [0.2, 0.25) is 11.8 Å². The van der Waals surface area contributed by atoms with E-state index in [9.17, 15) is 19.2 Å². The Morgan fingerprint density at radius 2 is 1.29 bits per heavy atom. The van der Waals surface area contributed by atoms with Crippen molar-refractivity contribution in [2.24, 2.45) is 0 Å². The van der Waals surface area contributed by atoms with Gasteiger partial charge in [-0.3, -0.25) is 4.79 Å². The second-order valence-corrected chi connectivity index (χ2v) is 15.4. The molecular formula is C41H50N6O8. The molecule has 0 aliphatic heterocycles. The number of rotatable bonds is 14. The third kappa shape index (κ3) is 10.5. The Morgan fingerprint density at radius 1 is 0.764 bits per heavy atom. The maximum absolute atomic E-state index is 14.5. The van der Waals surface area contributed by atoms with Crippen LogP contribution < -0.4 is 21.3 Å². The first-order valence-corrected chi connectivity index (χ1v) is 18.2. The molecular weight excluding hydrogens is 704 g/mol. The topological polar surface area (TPSA) is 183 Å². The minimum atomic E-state index is -1.19. The van der Waals surface area contributed by atoms with Crippen LogP contribution in [0.3, 0.4) is 0 Å². The first-order valence-electron chi connectivity index (χ1n) is 18.2. The lowest BCUT2D eigenvalue weighted by Gasteiger charge is -2.37. The van der Waals surface area contributed by atoms with E-state index in [2.05, 4.69) is 31.4 Å². The molecule has 4 amide bonds. The predicted molar refractivity (Wildman–Crippen MR) is 202 cm³/mol. The number of benzene rings is 3. The fourth-order valence-corrected chi connectivity index (χ4v) is 6.03. The van der Waals surface area contributed by atoms with Gasteiger partial charge in [-0.2, -0.15) is 4.98 Å². The van der Waals surface area contributed by atoms with Gasteiger partial charge in [-0.05, 0) is 71.1 Å². The monoisotopic (exact) mass is 754 g/mol. The normalized spacial score (nSPS) is 14.8. The molecule has 1 aliphatic carbocycles. The van der Waals surface area contributed by atoms with Gasteiger partial charge in [0.1, 0.15) is 28.8 Å². The molecule has 55 heavy (non-hydrogen) atoms. The highest BCUT2D eigenvalue weighted by atomic mass is 16.6. The number of esters is 1. The van der Waals surface area contributed by atoms with Crippen LogP contribution in [0, 0.1) is 0 Å². The SMILES string of the molecule is COC(=O)C1(NC(=O)N[C@@H](CC(=O)NC(c2ccccc2)(c2ccccc2)c2ccccc2)c2nc([C@H](COC(C)(C)C)NC(=O)OC(C)(C)C)no2)CC1. The van der Waals surface area contributed by atoms with Gasteiger partial charge in [-0.1, -0.05) is 96.2 Å². The lowest BCUT2D eigenvalue weighted by molar-refractivity contribution is -0.144. The smallest absolute Gasteiger partial charge is 0.408 e. The van der Waals surface area contributed by atoms with E-state index in [1.807, 2.05) is 112 Å². The Kier molecular flexibility index (Phi) is 12.3. The van der Waals surface area contributed by atoms with E-state index in [0.29, 0.717) is 12.8 Å². The molecule has 0 spiro atoms. The molecule has 5 rings (SSSR count). The molecule has 1 fully saturated rings. The van der Waals surface area contributed by atoms with Crippen molar-refractivity contribution in [3.05, 3.63) is 119 Å². The number of nitrogens with zero attached hydrogens (tertiary/aromatic N) is 2. The number of alkyl carbamates (subject to hydrolysis) is 1. The molecule has 0 unspecified atom stereocenters.